The first-order chi connectivity index (χ1) is 14.6. The van der Waals surface area contributed by atoms with Crippen LogP contribution in [0.15, 0.2) is 29.2 Å². The molecule has 0 radical (unpaired) electrons. The highest BCUT2D eigenvalue weighted by molar-refractivity contribution is 7.89. The van der Waals surface area contributed by atoms with Crippen LogP contribution in [0.2, 0.25) is 0 Å². The highest BCUT2D eigenvalue weighted by Crippen LogP contribution is 2.34. The second-order valence-electron chi connectivity index (χ2n) is 7.09. The topological polar surface area (TPSA) is 66.9 Å². The van der Waals surface area contributed by atoms with Crippen molar-refractivity contribution in [1.29, 1.82) is 0 Å². The number of halogens is 5. The lowest BCUT2D eigenvalue weighted by Crippen LogP contribution is -2.50. The van der Waals surface area contributed by atoms with Gasteiger partial charge >= 0.3 is 6.09 Å². The van der Waals surface area contributed by atoms with Crippen molar-refractivity contribution < 1.29 is 39.9 Å². The maximum atomic E-state index is 14.0. The fourth-order valence-electron chi connectivity index (χ4n) is 3.80. The van der Waals surface area contributed by atoms with E-state index in [0.29, 0.717) is 9.99 Å². The van der Waals surface area contributed by atoms with Gasteiger partial charge in [-0.3, -0.25) is 4.90 Å². The van der Waals surface area contributed by atoms with Gasteiger partial charge in [-0.25, -0.2) is 35.2 Å². The molecular formula is C19H15F5N2O4S. The highest BCUT2D eigenvalue weighted by Gasteiger charge is 2.41. The number of para-hydroxylation sites is 1. The number of nitrogens with zero attached hydrogens (tertiary/aromatic N) is 2. The number of fused-ring (bicyclic) bond motifs is 1. The van der Waals surface area contributed by atoms with E-state index < -0.39 is 56.1 Å². The molecule has 31 heavy (non-hydrogen) atoms. The first-order valence-electron chi connectivity index (χ1n) is 9.20. The lowest BCUT2D eigenvalue weighted by Gasteiger charge is -2.39. The summed E-state index contributed by atoms with van der Waals surface area (Å²) in [6, 6.07) is 6.52. The predicted octanol–water partition coefficient (Wildman–Crippen LogP) is 3.69. The van der Waals surface area contributed by atoms with E-state index in [1.54, 1.807) is 24.3 Å². The molecule has 0 unspecified atom stereocenters. The van der Waals surface area contributed by atoms with Crippen molar-refractivity contribution in [2.75, 3.05) is 18.0 Å². The number of carbonyl (C=O) groups excluding carboxylic acids is 1. The molecule has 2 aliphatic rings. The van der Waals surface area contributed by atoms with E-state index in [4.69, 9.17) is 4.74 Å². The zero-order valence-electron chi connectivity index (χ0n) is 15.7. The van der Waals surface area contributed by atoms with Gasteiger partial charge in [0.2, 0.25) is 15.8 Å². The first kappa shape index (κ1) is 21.5. The maximum Gasteiger partial charge on any atom is 0.414 e. The van der Waals surface area contributed by atoms with Gasteiger partial charge in [-0.05, 0) is 18.9 Å². The average molecular weight is 462 g/mol. The summed E-state index contributed by atoms with van der Waals surface area (Å²) in [4.78, 5) is 11.8. The number of benzene rings is 2. The van der Waals surface area contributed by atoms with Crippen LogP contribution in [0, 0.1) is 29.1 Å². The summed E-state index contributed by atoms with van der Waals surface area (Å²) in [5.74, 6) is -11.9. The second kappa shape index (κ2) is 7.75. The van der Waals surface area contributed by atoms with Gasteiger partial charge in [-0.1, -0.05) is 18.2 Å². The summed E-state index contributed by atoms with van der Waals surface area (Å²) in [7, 11) is -5.01. The van der Waals surface area contributed by atoms with Gasteiger partial charge in [0.25, 0.3) is 0 Å². The van der Waals surface area contributed by atoms with Gasteiger partial charge in [0, 0.05) is 24.7 Å². The van der Waals surface area contributed by atoms with E-state index in [9.17, 15) is 35.2 Å². The highest BCUT2D eigenvalue weighted by atomic mass is 32.2. The third-order valence-corrected chi connectivity index (χ3v) is 7.27. The molecule has 0 bridgehead atoms. The Hall–Kier alpha value is -2.73. The van der Waals surface area contributed by atoms with E-state index in [1.807, 2.05) is 0 Å². The fourth-order valence-corrected chi connectivity index (χ4v) is 5.38. The molecule has 0 saturated carbocycles. The van der Waals surface area contributed by atoms with Crippen molar-refractivity contribution in [2.45, 2.75) is 30.4 Å². The summed E-state index contributed by atoms with van der Waals surface area (Å²) in [6.45, 7) is -0.490. The van der Waals surface area contributed by atoms with Crippen LogP contribution in [-0.2, 0) is 21.4 Å². The van der Waals surface area contributed by atoms with Crippen LogP contribution in [0.4, 0.5) is 32.4 Å². The van der Waals surface area contributed by atoms with E-state index >= 15 is 0 Å². The molecule has 1 amide bonds. The number of hydrogen-bond acceptors (Lipinski definition) is 4. The lowest BCUT2D eigenvalue weighted by molar-refractivity contribution is 0.136. The average Bonchev–Trinajstić information content (AvgIpc) is 2.76. The number of sulfonamides is 1. The number of anilines is 1. The SMILES string of the molecule is O=C1OCc2ccccc2N1C1CCN(S(=O)(=O)c2c(F)c(F)c(F)c(F)c2F)CC1. The fraction of sp³-hybridized carbons (Fsp3) is 0.316. The molecule has 2 aliphatic heterocycles. The maximum absolute atomic E-state index is 14.0. The van der Waals surface area contributed by atoms with Crippen LogP contribution in [0.5, 0.6) is 0 Å². The minimum Gasteiger partial charge on any atom is -0.444 e. The van der Waals surface area contributed by atoms with Gasteiger partial charge in [-0.15, -0.1) is 0 Å². The summed E-state index contributed by atoms with van der Waals surface area (Å²) in [5, 5.41) is 0. The van der Waals surface area contributed by atoms with Crippen molar-refractivity contribution >= 4 is 21.8 Å². The Balaban J connectivity index is 1.60. The van der Waals surface area contributed by atoms with Crippen molar-refractivity contribution in [3.8, 4) is 0 Å². The van der Waals surface area contributed by atoms with Gasteiger partial charge in [-0.2, -0.15) is 4.31 Å². The number of hydrogen-bond donors (Lipinski definition) is 0. The van der Waals surface area contributed by atoms with Gasteiger partial charge in [0.15, 0.2) is 28.2 Å². The van der Waals surface area contributed by atoms with Crippen LogP contribution in [0.25, 0.3) is 0 Å². The molecule has 2 heterocycles. The zero-order valence-corrected chi connectivity index (χ0v) is 16.6. The van der Waals surface area contributed by atoms with Crippen LogP contribution >= 0.6 is 0 Å². The number of amides is 1. The standard InChI is InChI=1S/C19H15F5N2O4S/c20-13-14(21)16(23)18(17(24)15(13)22)31(28,29)25-7-5-11(6-8-25)26-12-4-2-1-3-10(12)9-30-19(26)27/h1-4,11H,5-9H2. The Bertz CT molecular complexity index is 1140. The molecule has 1 fully saturated rings. The van der Waals surface area contributed by atoms with E-state index in [2.05, 4.69) is 0 Å². The number of rotatable bonds is 3. The van der Waals surface area contributed by atoms with Crippen molar-refractivity contribution in [2.24, 2.45) is 0 Å². The zero-order chi connectivity index (χ0) is 22.5. The molecule has 166 valence electrons. The van der Waals surface area contributed by atoms with Gasteiger partial charge in [0.05, 0.1) is 5.69 Å². The third kappa shape index (κ3) is 3.43. The number of ether oxygens (including phenoxy) is 1. The molecule has 0 atom stereocenters. The Morgan fingerprint density at radius 3 is 2.03 bits per heavy atom. The number of piperidine rings is 1. The minimum absolute atomic E-state index is 0.0675. The molecule has 0 N–H and O–H groups in total. The number of cyclic esters (lactones) is 1. The second-order valence-corrected chi connectivity index (χ2v) is 8.96. The molecule has 2 aromatic rings. The van der Waals surface area contributed by atoms with E-state index in [0.717, 1.165) is 5.56 Å². The summed E-state index contributed by atoms with van der Waals surface area (Å²) >= 11 is 0. The third-order valence-electron chi connectivity index (χ3n) is 5.35. The minimum atomic E-state index is -5.01. The molecule has 2 aromatic carbocycles. The molecule has 4 rings (SSSR count). The molecule has 0 aliphatic carbocycles. The molecule has 12 heteroatoms. The van der Waals surface area contributed by atoms with Crippen LogP contribution in [0.3, 0.4) is 0 Å². The molecule has 0 aromatic heterocycles. The Morgan fingerprint density at radius 2 is 1.42 bits per heavy atom. The molecule has 6 nitrogen and oxygen atoms in total. The van der Waals surface area contributed by atoms with Gasteiger partial charge in [0.1, 0.15) is 6.61 Å². The smallest absolute Gasteiger partial charge is 0.414 e. The summed E-state index contributed by atoms with van der Waals surface area (Å²) < 4.78 is 99.4. The van der Waals surface area contributed by atoms with Crippen LogP contribution in [0.1, 0.15) is 18.4 Å². The molecule has 0 spiro atoms. The largest absolute Gasteiger partial charge is 0.444 e. The summed E-state index contributed by atoms with van der Waals surface area (Å²) in [5.41, 5.74) is 1.37. The quantitative estimate of drug-likeness (QED) is 0.397. The Morgan fingerprint density at radius 1 is 0.871 bits per heavy atom. The van der Waals surface area contributed by atoms with E-state index in [-0.39, 0.29) is 32.5 Å². The summed E-state index contributed by atoms with van der Waals surface area (Å²) in [6.07, 6.45) is -0.476. The monoisotopic (exact) mass is 462 g/mol. The Kier molecular flexibility index (Phi) is 5.38. The van der Waals surface area contributed by atoms with Crippen LogP contribution in [-0.4, -0.2) is 37.9 Å². The van der Waals surface area contributed by atoms with Crippen molar-refractivity contribution in [1.82, 2.24) is 4.31 Å². The van der Waals surface area contributed by atoms with Gasteiger partial charge < -0.3 is 4.74 Å². The van der Waals surface area contributed by atoms with Crippen LogP contribution < -0.4 is 4.90 Å². The lowest BCUT2D eigenvalue weighted by atomic mass is 10.0. The predicted molar refractivity (Wildman–Crippen MR) is 97.1 cm³/mol. The van der Waals surface area contributed by atoms with E-state index in [1.165, 1.54) is 4.90 Å². The normalized spacial score (nSPS) is 18.1. The Labute approximate surface area is 173 Å². The van der Waals surface area contributed by atoms with Crippen molar-refractivity contribution in [3.05, 3.63) is 58.9 Å². The molecular weight excluding hydrogens is 447 g/mol. The molecule has 1 saturated heterocycles. The first-order valence-corrected chi connectivity index (χ1v) is 10.6. The van der Waals surface area contributed by atoms with Crippen molar-refractivity contribution in [3.63, 3.8) is 0 Å². The number of carbonyl (C=O) groups is 1.